The summed E-state index contributed by atoms with van der Waals surface area (Å²) in [6.45, 7) is 9.44. The largest absolute Gasteiger partial charge is 0.0922 e. The summed E-state index contributed by atoms with van der Waals surface area (Å²) in [5, 5.41) is 1.15. The van der Waals surface area contributed by atoms with Crippen LogP contribution in [0.25, 0.3) is 0 Å². The molecule has 0 spiro atoms. The Hall–Kier alpha value is 0.480. The molecule has 0 aliphatic heterocycles. The van der Waals surface area contributed by atoms with E-state index in [0.717, 1.165) is 11.2 Å². The minimum atomic E-state index is 0.500. The van der Waals surface area contributed by atoms with E-state index in [1.54, 1.807) is 0 Å². The van der Waals surface area contributed by atoms with Crippen molar-refractivity contribution >= 4 is 15.9 Å². The second-order valence-electron chi connectivity index (χ2n) is 6.87. The molecule has 0 aromatic rings. The van der Waals surface area contributed by atoms with Gasteiger partial charge in [0, 0.05) is 5.33 Å². The molecule has 0 bridgehead atoms. The highest BCUT2D eigenvalue weighted by Gasteiger charge is 2.25. The molecule has 116 valence electrons. The van der Waals surface area contributed by atoms with Gasteiger partial charge in [0.05, 0.1) is 0 Å². The minimum absolute atomic E-state index is 0.500. The molecule has 0 saturated heterocycles. The van der Waals surface area contributed by atoms with E-state index in [-0.39, 0.29) is 0 Å². The lowest BCUT2D eigenvalue weighted by atomic mass is 9.77. The quantitative estimate of drug-likeness (QED) is 0.244. The number of rotatable bonds is 13. The fourth-order valence-electron chi connectivity index (χ4n) is 2.53. The van der Waals surface area contributed by atoms with Gasteiger partial charge in [0.2, 0.25) is 0 Å². The summed E-state index contributed by atoms with van der Waals surface area (Å²) >= 11 is 3.70. The average Bonchev–Trinajstić information content (AvgIpc) is 2.40. The third kappa shape index (κ3) is 9.93. The summed E-state index contributed by atoms with van der Waals surface area (Å²) in [5.41, 5.74) is 0.500. The number of unbranched alkanes of at least 4 members (excludes halogenated alkanes) is 9. The van der Waals surface area contributed by atoms with Crippen LogP contribution in [0.3, 0.4) is 0 Å². The highest BCUT2D eigenvalue weighted by molar-refractivity contribution is 9.09. The Morgan fingerprint density at radius 1 is 0.789 bits per heavy atom. The van der Waals surface area contributed by atoms with Gasteiger partial charge in [-0.25, -0.2) is 0 Å². The number of alkyl halides is 1. The van der Waals surface area contributed by atoms with Crippen LogP contribution < -0.4 is 0 Å². The van der Waals surface area contributed by atoms with Crippen LogP contribution in [0.1, 0.15) is 98.3 Å². The van der Waals surface area contributed by atoms with E-state index in [0.29, 0.717) is 5.41 Å². The molecule has 19 heavy (non-hydrogen) atoms. The molecular formula is C18H37Br. The van der Waals surface area contributed by atoms with Crippen molar-refractivity contribution in [1.82, 2.24) is 0 Å². The van der Waals surface area contributed by atoms with Gasteiger partial charge in [-0.15, -0.1) is 0 Å². The first-order valence-corrected chi connectivity index (χ1v) is 9.75. The van der Waals surface area contributed by atoms with E-state index in [9.17, 15) is 0 Å². The fourth-order valence-corrected chi connectivity index (χ4v) is 3.45. The molecule has 0 aliphatic rings. The molecule has 0 saturated carbocycles. The second-order valence-corrected chi connectivity index (χ2v) is 7.44. The summed E-state index contributed by atoms with van der Waals surface area (Å²) in [6, 6.07) is 0. The molecule has 1 unspecified atom stereocenters. The molecule has 0 aromatic carbocycles. The number of hydrogen-bond acceptors (Lipinski definition) is 0. The van der Waals surface area contributed by atoms with Crippen LogP contribution in [0.15, 0.2) is 0 Å². The molecule has 0 amide bonds. The van der Waals surface area contributed by atoms with Crippen LogP contribution >= 0.6 is 15.9 Å². The Morgan fingerprint density at radius 3 is 1.58 bits per heavy atom. The molecule has 0 fully saturated rings. The zero-order valence-electron chi connectivity index (χ0n) is 13.9. The standard InChI is InChI=1S/C18H37Br/c1-5-6-7-8-9-10-11-12-13-14-15-18(4,16-19)17(2)3/h17H,5-16H2,1-4H3. The summed E-state index contributed by atoms with van der Waals surface area (Å²) in [7, 11) is 0. The summed E-state index contributed by atoms with van der Waals surface area (Å²) in [6.07, 6.45) is 15.8. The molecule has 1 atom stereocenters. The lowest BCUT2D eigenvalue weighted by Gasteiger charge is -2.32. The van der Waals surface area contributed by atoms with Crippen molar-refractivity contribution in [1.29, 1.82) is 0 Å². The highest BCUT2D eigenvalue weighted by Crippen LogP contribution is 2.34. The van der Waals surface area contributed by atoms with Crippen molar-refractivity contribution in [2.24, 2.45) is 11.3 Å². The van der Waals surface area contributed by atoms with Crippen molar-refractivity contribution in [2.75, 3.05) is 5.33 Å². The monoisotopic (exact) mass is 332 g/mol. The van der Waals surface area contributed by atoms with Crippen LogP contribution in [0.5, 0.6) is 0 Å². The Kier molecular flexibility index (Phi) is 12.5. The molecule has 0 N–H and O–H groups in total. The predicted octanol–water partition coefficient (Wildman–Crippen LogP) is 7.35. The fraction of sp³-hybridized carbons (Fsp3) is 1.00. The van der Waals surface area contributed by atoms with E-state index >= 15 is 0 Å². The van der Waals surface area contributed by atoms with Crippen LogP contribution in [0.2, 0.25) is 0 Å². The minimum Gasteiger partial charge on any atom is -0.0922 e. The van der Waals surface area contributed by atoms with Crippen molar-refractivity contribution in [3.63, 3.8) is 0 Å². The molecule has 1 heteroatoms. The normalized spacial score (nSPS) is 14.8. The zero-order valence-corrected chi connectivity index (χ0v) is 15.5. The first-order valence-electron chi connectivity index (χ1n) is 8.62. The van der Waals surface area contributed by atoms with Crippen molar-refractivity contribution in [2.45, 2.75) is 98.3 Å². The van der Waals surface area contributed by atoms with Crippen LogP contribution in [-0.4, -0.2) is 5.33 Å². The first kappa shape index (κ1) is 19.5. The molecule has 0 radical (unpaired) electrons. The highest BCUT2D eigenvalue weighted by atomic mass is 79.9. The van der Waals surface area contributed by atoms with E-state index in [2.05, 4.69) is 43.6 Å². The zero-order chi connectivity index (χ0) is 14.6. The number of halogens is 1. The third-order valence-corrected chi connectivity index (χ3v) is 6.08. The van der Waals surface area contributed by atoms with Crippen LogP contribution in [0.4, 0.5) is 0 Å². The Bertz CT molecular complexity index is 188. The van der Waals surface area contributed by atoms with E-state index in [1.807, 2.05) is 0 Å². The van der Waals surface area contributed by atoms with Gasteiger partial charge in [-0.3, -0.25) is 0 Å². The van der Waals surface area contributed by atoms with E-state index in [4.69, 9.17) is 0 Å². The predicted molar refractivity (Wildman–Crippen MR) is 93.2 cm³/mol. The van der Waals surface area contributed by atoms with Gasteiger partial charge >= 0.3 is 0 Å². The number of hydrogen-bond donors (Lipinski definition) is 0. The van der Waals surface area contributed by atoms with Crippen LogP contribution in [0, 0.1) is 11.3 Å². The maximum Gasteiger partial charge on any atom is 0.00877 e. The molecule has 0 heterocycles. The van der Waals surface area contributed by atoms with Gasteiger partial charge in [0.25, 0.3) is 0 Å². The maximum absolute atomic E-state index is 3.70. The molecule has 0 rings (SSSR count). The second kappa shape index (κ2) is 12.2. The average molecular weight is 333 g/mol. The van der Waals surface area contributed by atoms with Gasteiger partial charge in [-0.05, 0) is 17.8 Å². The van der Waals surface area contributed by atoms with Crippen molar-refractivity contribution in [3.05, 3.63) is 0 Å². The van der Waals surface area contributed by atoms with E-state index < -0.39 is 0 Å². The molecule has 0 aromatic heterocycles. The lowest BCUT2D eigenvalue weighted by molar-refractivity contribution is 0.230. The van der Waals surface area contributed by atoms with Crippen molar-refractivity contribution < 1.29 is 0 Å². The summed E-state index contributed by atoms with van der Waals surface area (Å²) < 4.78 is 0. The third-order valence-electron chi connectivity index (χ3n) is 4.80. The molecular weight excluding hydrogens is 296 g/mol. The maximum atomic E-state index is 3.70. The summed E-state index contributed by atoms with van der Waals surface area (Å²) in [4.78, 5) is 0. The first-order chi connectivity index (χ1) is 9.06. The van der Waals surface area contributed by atoms with Gasteiger partial charge in [0.1, 0.15) is 0 Å². The van der Waals surface area contributed by atoms with Gasteiger partial charge in [-0.2, -0.15) is 0 Å². The topological polar surface area (TPSA) is 0 Å². The Balaban J connectivity index is 3.35. The summed E-state index contributed by atoms with van der Waals surface area (Å²) in [5.74, 6) is 0.783. The van der Waals surface area contributed by atoms with Crippen LogP contribution in [-0.2, 0) is 0 Å². The van der Waals surface area contributed by atoms with Gasteiger partial charge in [-0.1, -0.05) is 108 Å². The van der Waals surface area contributed by atoms with Gasteiger partial charge < -0.3 is 0 Å². The Morgan fingerprint density at radius 2 is 1.21 bits per heavy atom. The van der Waals surface area contributed by atoms with E-state index in [1.165, 1.54) is 70.6 Å². The lowest BCUT2D eigenvalue weighted by Crippen LogP contribution is -2.25. The van der Waals surface area contributed by atoms with Gasteiger partial charge in [0.15, 0.2) is 0 Å². The molecule has 0 nitrogen and oxygen atoms in total. The smallest absolute Gasteiger partial charge is 0.00877 e. The van der Waals surface area contributed by atoms with Crippen molar-refractivity contribution in [3.8, 4) is 0 Å². The molecule has 0 aliphatic carbocycles. The Labute approximate surface area is 131 Å². The SMILES string of the molecule is CCCCCCCCCCCCC(C)(CBr)C(C)C.